The van der Waals surface area contributed by atoms with E-state index >= 15 is 0 Å². The first-order valence-electron chi connectivity index (χ1n) is 6.06. The predicted octanol–water partition coefficient (Wildman–Crippen LogP) is -2.56. The van der Waals surface area contributed by atoms with Crippen LogP contribution in [0.1, 0.15) is 5.82 Å². The summed E-state index contributed by atoms with van der Waals surface area (Å²) in [7, 11) is 3.58. The summed E-state index contributed by atoms with van der Waals surface area (Å²) in [6.07, 6.45) is 0. The summed E-state index contributed by atoms with van der Waals surface area (Å²) >= 11 is 5.23. The molecule has 1 heterocycles. The Morgan fingerprint density at radius 1 is 1.43 bits per heavy atom. The van der Waals surface area contributed by atoms with Crippen LogP contribution in [0.3, 0.4) is 0 Å². The van der Waals surface area contributed by atoms with Crippen molar-refractivity contribution in [3.63, 3.8) is 0 Å². The van der Waals surface area contributed by atoms with Crippen molar-refractivity contribution in [1.82, 2.24) is 9.78 Å². The maximum atomic E-state index is 10.7. The van der Waals surface area contributed by atoms with Crippen LogP contribution in [0.15, 0.2) is 29.4 Å². The van der Waals surface area contributed by atoms with Gasteiger partial charge in [-0.25, -0.2) is 4.57 Å². The summed E-state index contributed by atoms with van der Waals surface area (Å²) in [6.45, 7) is 1.90. The molecule has 0 aliphatic heterocycles. The van der Waals surface area contributed by atoms with Crippen molar-refractivity contribution in [2.75, 3.05) is 18.5 Å². The summed E-state index contributed by atoms with van der Waals surface area (Å²) in [6, 6.07) is 7.54. The maximum Gasteiger partial charge on any atom is 1.00 e. The maximum absolute atomic E-state index is 10.7. The summed E-state index contributed by atoms with van der Waals surface area (Å²) < 4.78 is 3.60. The number of carboxylic acid groups (broad SMARTS) is 1. The van der Waals surface area contributed by atoms with Crippen molar-refractivity contribution in [2.45, 2.75) is 12.1 Å². The molecule has 0 aliphatic carbocycles. The van der Waals surface area contributed by atoms with Crippen LogP contribution in [-0.4, -0.2) is 34.4 Å². The number of aliphatic carboxylic acids is 1. The molecule has 0 saturated heterocycles. The van der Waals surface area contributed by atoms with Gasteiger partial charge in [0.05, 0.1) is 7.05 Å². The smallest absolute Gasteiger partial charge is 0.702 e. The minimum Gasteiger partial charge on any atom is -0.702 e. The van der Waals surface area contributed by atoms with E-state index in [1.54, 1.807) is 16.6 Å². The van der Waals surface area contributed by atoms with Gasteiger partial charge in [0.2, 0.25) is 5.82 Å². The van der Waals surface area contributed by atoms with Gasteiger partial charge < -0.3 is 22.6 Å². The van der Waals surface area contributed by atoms with Crippen molar-refractivity contribution in [1.29, 1.82) is 0 Å². The number of likely N-dealkylation sites (N-methyl/N-ethyl adjacent to an activating group) is 1. The van der Waals surface area contributed by atoms with E-state index in [1.165, 1.54) is 0 Å². The summed E-state index contributed by atoms with van der Waals surface area (Å²) in [5.41, 5.74) is 1.75. The molecule has 0 bridgehead atoms. The molecular formula is C13H16KN4O2S+. The number of aryl methyl sites for hydroxylation is 1. The van der Waals surface area contributed by atoms with Gasteiger partial charge in [0.1, 0.15) is 12.2 Å². The average Bonchev–Trinajstić information content (AvgIpc) is 2.63. The molecule has 6 nitrogen and oxygen atoms in total. The summed E-state index contributed by atoms with van der Waals surface area (Å²) in [5, 5.41) is 13.5. The van der Waals surface area contributed by atoms with Gasteiger partial charge in [-0.3, -0.25) is 4.79 Å². The summed E-state index contributed by atoms with van der Waals surface area (Å²) in [4.78, 5) is 12.4. The zero-order valence-corrected chi connectivity index (χ0v) is 16.5. The van der Waals surface area contributed by atoms with E-state index in [-0.39, 0.29) is 57.9 Å². The second-order valence-electron chi connectivity index (χ2n) is 4.56. The average molecular weight is 331 g/mol. The molecular weight excluding hydrogens is 315 g/mol. The van der Waals surface area contributed by atoms with Crippen molar-refractivity contribution in [3.05, 3.63) is 30.1 Å². The number of anilines is 1. The van der Waals surface area contributed by atoms with Crippen molar-refractivity contribution in [2.24, 2.45) is 7.05 Å². The molecule has 0 saturated carbocycles. The molecule has 8 heteroatoms. The van der Waals surface area contributed by atoms with E-state index in [0.29, 0.717) is 5.16 Å². The minimum atomic E-state index is -0.859. The van der Waals surface area contributed by atoms with Crippen LogP contribution >= 0.6 is 0 Å². The largest absolute Gasteiger partial charge is 1.00 e. The van der Waals surface area contributed by atoms with E-state index in [4.69, 9.17) is 17.7 Å². The Hall–Kier alpha value is -0.514. The topological polar surface area (TPSA) is 62.2 Å². The van der Waals surface area contributed by atoms with Gasteiger partial charge in [0, 0.05) is 24.8 Å². The SMILES string of the molecule is Cc1n(C)nc([S-])[n+]1-c1ccc(N(C)CC(=O)O)cc1.[K+]. The zero-order chi connectivity index (χ0) is 14.9. The Balaban J connectivity index is 0.00000220. The molecule has 0 fully saturated rings. The molecule has 1 N–H and O–H groups in total. The number of carbonyl (C=O) groups is 1. The van der Waals surface area contributed by atoms with Crippen LogP contribution in [0.5, 0.6) is 0 Å². The normalized spacial score (nSPS) is 10.0. The van der Waals surface area contributed by atoms with E-state index in [2.05, 4.69) is 5.10 Å². The van der Waals surface area contributed by atoms with E-state index in [9.17, 15) is 4.79 Å². The molecule has 0 aliphatic rings. The van der Waals surface area contributed by atoms with Crippen LogP contribution in [-0.2, 0) is 24.5 Å². The Bertz CT molecular complexity index is 642. The minimum absolute atomic E-state index is 0. The Kier molecular flexibility index (Phi) is 6.76. The fraction of sp³-hybridized carbons (Fsp3) is 0.308. The number of hydrogen-bond acceptors (Lipinski definition) is 4. The number of nitrogens with zero attached hydrogens (tertiary/aromatic N) is 4. The quantitative estimate of drug-likeness (QED) is 0.379. The van der Waals surface area contributed by atoms with Gasteiger partial charge in [-0.05, 0) is 24.3 Å². The van der Waals surface area contributed by atoms with Crippen molar-refractivity contribution < 1.29 is 65.9 Å². The molecule has 0 radical (unpaired) electrons. The predicted molar refractivity (Wildman–Crippen MR) is 76.0 cm³/mol. The zero-order valence-electron chi connectivity index (χ0n) is 12.6. The van der Waals surface area contributed by atoms with Gasteiger partial charge in [-0.2, -0.15) is 0 Å². The second kappa shape index (κ2) is 7.66. The Morgan fingerprint density at radius 3 is 2.43 bits per heavy atom. The van der Waals surface area contributed by atoms with E-state index < -0.39 is 5.97 Å². The van der Waals surface area contributed by atoms with Gasteiger partial charge in [-0.1, -0.05) is 0 Å². The monoisotopic (exact) mass is 331 g/mol. The number of carboxylic acids is 1. The van der Waals surface area contributed by atoms with Gasteiger partial charge in [0.25, 0.3) is 0 Å². The first-order chi connectivity index (χ1) is 9.40. The molecule has 0 amide bonds. The van der Waals surface area contributed by atoms with Crippen LogP contribution in [0.25, 0.3) is 5.69 Å². The molecule has 0 spiro atoms. The van der Waals surface area contributed by atoms with Gasteiger partial charge >= 0.3 is 57.4 Å². The third-order valence-electron chi connectivity index (χ3n) is 3.14. The van der Waals surface area contributed by atoms with E-state index in [0.717, 1.165) is 17.2 Å². The fourth-order valence-corrected chi connectivity index (χ4v) is 2.34. The molecule has 1 aromatic heterocycles. The first kappa shape index (κ1) is 18.5. The number of benzene rings is 1. The molecule has 106 valence electrons. The molecule has 21 heavy (non-hydrogen) atoms. The fourth-order valence-electron chi connectivity index (χ4n) is 1.98. The Morgan fingerprint density at radius 2 is 2.00 bits per heavy atom. The second-order valence-corrected chi connectivity index (χ2v) is 4.92. The van der Waals surface area contributed by atoms with Crippen molar-refractivity contribution >= 4 is 24.3 Å². The Labute approximate surface area is 171 Å². The van der Waals surface area contributed by atoms with Crippen LogP contribution < -0.4 is 60.9 Å². The number of rotatable bonds is 4. The third kappa shape index (κ3) is 4.24. The first-order valence-corrected chi connectivity index (χ1v) is 6.47. The van der Waals surface area contributed by atoms with Gasteiger partial charge in [0.15, 0.2) is 5.16 Å². The van der Waals surface area contributed by atoms with Crippen LogP contribution in [0.2, 0.25) is 0 Å². The molecule has 0 atom stereocenters. The van der Waals surface area contributed by atoms with E-state index in [1.807, 2.05) is 42.8 Å². The molecule has 1 aromatic carbocycles. The van der Waals surface area contributed by atoms with Crippen molar-refractivity contribution in [3.8, 4) is 5.69 Å². The molecule has 0 unspecified atom stereocenters. The summed E-state index contributed by atoms with van der Waals surface area (Å²) in [5.74, 6) is 0.0727. The third-order valence-corrected chi connectivity index (χ3v) is 3.40. The number of aromatic nitrogens is 3. The number of hydrogen-bond donors (Lipinski definition) is 1. The molecule has 2 aromatic rings. The molecule has 2 rings (SSSR count). The van der Waals surface area contributed by atoms with Crippen LogP contribution in [0, 0.1) is 6.92 Å². The van der Waals surface area contributed by atoms with Gasteiger partial charge in [-0.15, -0.1) is 4.68 Å². The van der Waals surface area contributed by atoms with Crippen LogP contribution in [0.4, 0.5) is 5.69 Å². The standard InChI is InChI=1S/C13H16N4O2S.K/c1-9-16(3)14-13(20)17(9)11-6-4-10(5-7-11)15(2)8-12(18)19;/h4-7H,8H2,1-3H3,(H-,14,18,19,20);/q;+1.